The van der Waals surface area contributed by atoms with Gasteiger partial charge in [0.2, 0.25) is 11.8 Å². The maximum atomic E-state index is 14.2. The molecular formula is C27H38N2O5S. The molecule has 4 unspecified atom stereocenters. The summed E-state index contributed by atoms with van der Waals surface area (Å²) in [5.41, 5.74) is 0.986. The number of fused-ring (bicyclic) bond motifs is 1. The van der Waals surface area contributed by atoms with Gasteiger partial charge in [0.05, 0.1) is 35.8 Å². The molecule has 8 atom stereocenters. The van der Waals surface area contributed by atoms with E-state index in [0.717, 1.165) is 24.8 Å². The lowest BCUT2D eigenvalue weighted by Crippen LogP contribution is -2.59. The Bertz CT molecular complexity index is 943. The van der Waals surface area contributed by atoms with Crippen molar-refractivity contribution >= 4 is 29.5 Å². The molecule has 3 aliphatic rings. The summed E-state index contributed by atoms with van der Waals surface area (Å²) in [6.45, 7) is 7.92. The van der Waals surface area contributed by atoms with Gasteiger partial charge in [-0.25, -0.2) is 0 Å². The number of thioether (sulfide) groups is 1. The number of hydrogen-bond donors (Lipinski definition) is 2. The summed E-state index contributed by atoms with van der Waals surface area (Å²) in [6, 6.07) is 8.37. The highest BCUT2D eigenvalue weighted by Crippen LogP contribution is 2.68. The Balaban J connectivity index is 1.76. The highest BCUT2D eigenvalue weighted by atomic mass is 32.2. The number of esters is 1. The fourth-order valence-electron chi connectivity index (χ4n) is 6.62. The third-order valence-electron chi connectivity index (χ3n) is 8.02. The molecule has 3 aliphatic heterocycles. The Morgan fingerprint density at radius 1 is 1.29 bits per heavy atom. The molecule has 0 aliphatic carbocycles. The lowest BCUT2D eigenvalue weighted by atomic mass is 9.66. The standard InChI is InChI=1S/C27H38N2O5S/c1-5-10-17(4)28-24(31)23-27-16(3)13-20(35-27)21(26(33)34-6-2)22(27)25(32)29(23)19(15-30)14-18-11-8-7-9-12-18/h7-9,11-12,16-17,19-23,30H,5-6,10,13-15H2,1-4H3,(H,28,31)/t16?,17?,19-,20-,21+,22+,23?,27?/m1/s1. The third-order valence-corrected chi connectivity index (χ3v) is 10.1. The lowest BCUT2D eigenvalue weighted by molar-refractivity contribution is -0.154. The van der Waals surface area contributed by atoms with Crippen LogP contribution < -0.4 is 5.32 Å². The van der Waals surface area contributed by atoms with E-state index in [9.17, 15) is 19.5 Å². The Labute approximate surface area is 212 Å². The molecule has 0 saturated carbocycles. The summed E-state index contributed by atoms with van der Waals surface area (Å²) >= 11 is 1.63. The summed E-state index contributed by atoms with van der Waals surface area (Å²) in [5.74, 6) is -1.84. The fraction of sp³-hybridized carbons (Fsp3) is 0.667. The first-order chi connectivity index (χ1) is 16.8. The molecule has 3 fully saturated rings. The number of benzene rings is 1. The third kappa shape index (κ3) is 4.37. The molecule has 0 radical (unpaired) electrons. The minimum atomic E-state index is -0.746. The van der Waals surface area contributed by atoms with Crippen LogP contribution in [0.1, 0.15) is 52.5 Å². The number of likely N-dealkylation sites (tertiary alicyclic amines) is 1. The molecule has 1 aromatic carbocycles. The van der Waals surface area contributed by atoms with Crippen LogP contribution in [0.15, 0.2) is 30.3 Å². The van der Waals surface area contributed by atoms with Gasteiger partial charge in [0.25, 0.3) is 0 Å². The second-order valence-electron chi connectivity index (χ2n) is 10.3. The van der Waals surface area contributed by atoms with Crippen molar-refractivity contribution in [3.05, 3.63) is 35.9 Å². The second-order valence-corrected chi connectivity index (χ2v) is 11.8. The van der Waals surface area contributed by atoms with Crippen LogP contribution in [0.3, 0.4) is 0 Å². The maximum Gasteiger partial charge on any atom is 0.310 e. The molecule has 1 aromatic rings. The monoisotopic (exact) mass is 502 g/mol. The SMILES string of the molecule is CCCC(C)NC(=O)C1N([C@@H](CO)Cc2ccccc2)C(=O)[C@@H]2[C@@H](C(=O)OCC)[C@H]3CC(C)C12S3. The number of aliphatic hydroxyl groups excluding tert-OH is 1. The number of hydrogen-bond acceptors (Lipinski definition) is 6. The molecule has 4 rings (SSSR count). The van der Waals surface area contributed by atoms with Gasteiger partial charge in [-0.05, 0) is 44.6 Å². The van der Waals surface area contributed by atoms with Crippen LogP contribution in [0.2, 0.25) is 0 Å². The molecular weight excluding hydrogens is 464 g/mol. The molecule has 2 N–H and O–H groups in total. The number of ether oxygens (including phenoxy) is 1. The van der Waals surface area contributed by atoms with Crippen molar-refractivity contribution in [2.24, 2.45) is 17.8 Å². The predicted octanol–water partition coefficient (Wildman–Crippen LogP) is 2.80. The largest absolute Gasteiger partial charge is 0.466 e. The number of rotatable bonds is 10. The zero-order valence-electron chi connectivity index (χ0n) is 21.1. The van der Waals surface area contributed by atoms with E-state index in [4.69, 9.17) is 4.74 Å². The molecule has 7 nitrogen and oxygen atoms in total. The Morgan fingerprint density at radius 3 is 2.63 bits per heavy atom. The molecule has 8 heteroatoms. The molecule has 0 aromatic heterocycles. The number of amides is 2. The minimum absolute atomic E-state index is 0.0265. The Morgan fingerprint density at radius 2 is 2.00 bits per heavy atom. The summed E-state index contributed by atoms with van der Waals surface area (Å²) in [7, 11) is 0. The van der Waals surface area contributed by atoms with Crippen molar-refractivity contribution in [3.8, 4) is 0 Å². The number of nitrogens with zero attached hydrogens (tertiary/aromatic N) is 1. The van der Waals surface area contributed by atoms with Crippen LogP contribution in [-0.2, 0) is 25.5 Å². The van der Waals surface area contributed by atoms with Gasteiger partial charge in [-0.1, -0.05) is 50.6 Å². The molecule has 3 saturated heterocycles. The van der Waals surface area contributed by atoms with E-state index in [1.807, 2.05) is 37.3 Å². The van der Waals surface area contributed by atoms with Gasteiger partial charge in [-0.2, -0.15) is 0 Å². The smallest absolute Gasteiger partial charge is 0.310 e. The average Bonchev–Trinajstić information content (AvgIpc) is 3.42. The van der Waals surface area contributed by atoms with Gasteiger partial charge in [0.1, 0.15) is 6.04 Å². The molecule has 2 bridgehead atoms. The van der Waals surface area contributed by atoms with Crippen LogP contribution in [0, 0.1) is 17.8 Å². The number of aliphatic hydroxyl groups is 1. The first kappa shape index (κ1) is 26.0. The predicted molar refractivity (Wildman–Crippen MR) is 136 cm³/mol. The van der Waals surface area contributed by atoms with Crippen LogP contribution in [0.25, 0.3) is 0 Å². The van der Waals surface area contributed by atoms with Crippen LogP contribution in [0.5, 0.6) is 0 Å². The second kappa shape index (κ2) is 10.5. The average molecular weight is 503 g/mol. The molecule has 3 heterocycles. The van der Waals surface area contributed by atoms with Crippen LogP contribution >= 0.6 is 11.8 Å². The van der Waals surface area contributed by atoms with Gasteiger partial charge >= 0.3 is 5.97 Å². The van der Waals surface area contributed by atoms with E-state index >= 15 is 0 Å². The van der Waals surface area contributed by atoms with Crippen molar-refractivity contribution < 1.29 is 24.2 Å². The van der Waals surface area contributed by atoms with E-state index in [1.54, 1.807) is 23.6 Å². The normalized spacial score (nSPS) is 32.9. The zero-order chi connectivity index (χ0) is 25.3. The summed E-state index contributed by atoms with van der Waals surface area (Å²) in [4.78, 5) is 42.8. The van der Waals surface area contributed by atoms with Crippen molar-refractivity contribution in [1.82, 2.24) is 10.2 Å². The summed E-state index contributed by atoms with van der Waals surface area (Å²) in [5, 5.41) is 13.6. The highest BCUT2D eigenvalue weighted by molar-refractivity contribution is 8.02. The first-order valence-electron chi connectivity index (χ1n) is 12.9. The Hall–Kier alpha value is -2.06. The topological polar surface area (TPSA) is 95.9 Å². The molecule has 1 spiro atoms. The molecule has 2 amide bonds. The van der Waals surface area contributed by atoms with Crippen molar-refractivity contribution in [1.29, 1.82) is 0 Å². The fourth-order valence-corrected chi connectivity index (χ4v) is 9.02. The summed E-state index contributed by atoms with van der Waals surface area (Å²) in [6.07, 6.45) is 2.98. The quantitative estimate of drug-likeness (QED) is 0.478. The zero-order valence-corrected chi connectivity index (χ0v) is 21.9. The number of carbonyl (C=O) groups excluding carboxylic acids is 3. The lowest BCUT2D eigenvalue weighted by Gasteiger charge is -2.40. The van der Waals surface area contributed by atoms with E-state index in [0.29, 0.717) is 6.42 Å². The molecule has 192 valence electrons. The van der Waals surface area contributed by atoms with E-state index in [2.05, 4.69) is 19.2 Å². The maximum absolute atomic E-state index is 14.2. The van der Waals surface area contributed by atoms with Gasteiger partial charge in [0.15, 0.2) is 0 Å². The van der Waals surface area contributed by atoms with Crippen LogP contribution in [-0.4, -0.2) is 69.1 Å². The number of nitrogens with one attached hydrogen (secondary N) is 1. The van der Waals surface area contributed by atoms with Gasteiger partial charge in [-0.15, -0.1) is 11.8 Å². The van der Waals surface area contributed by atoms with E-state index < -0.39 is 28.7 Å². The minimum Gasteiger partial charge on any atom is -0.466 e. The first-order valence-corrected chi connectivity index (χ1v) is 13.8. The number of carbonyl (C=O) groups is 3. The van der Waals surface area contributed by atoms with Gasteiger partial charge < -0.3 is 20.1 Å². The van der Waals surface area contributed by atoms with Crippen molar-refractivity contribution in [2.45, 2.75) is 81.5 Å². The summed E-state index contributed by atoms with van der Waals surface area (Å²) < 4.78 is 4.69. The van der Waals surface area contributed by atoms with Gasteiger partial charge in [-0.3, -0.25) is 14.4 Å². The van der Waals surface area contributed by atoms with E-state index in [1.165, 1.54) is 0 Å². The van der Waals surface area contributed by atoms with Crippen molar-refractivity contribution in [2.75, 3.05) is 13.2 Å². The van der Waals surface area contributed by atoms with Gasteiger partial charge in [0, 0.05) is 11.3 Å². The van der Waals surface area contributed by atoms with Crippen molar-refractivity contribution in [3.63, 3.8) is 0 Å². The highest BCUT2D eigenvalue weighted by Gasteiger charge is 2.76. The molecule has 35 heavy (non-hydrogen) atoms. The Kier molecular flexibility index (Phi) is 7.81. The van der Waals surface area contributed by atoms with Crippen LogP contribution in [0.4, 0.5) is 0 Å². The van der Waals surface area contributed by atoms with E-state index in [-0.39, 0.29) is 48.2 Å².